The van der Waals surface area contributed by atoms with Crippen LogP contribution < -0.4 is 0 Å². The van der Waals surface area contributed by atoms with Crippen LogP contribution in [0.1, 0.15) is 11.3 Å². The molecule has 0 aliphatic heterocycles. The molecule has 0 unspecified atom stereocenters. The quantitative estimate of drug-likeness (QED) is 0.814. The van der Waals surface area contributed by atoms with Gasteiger partial charge in [-0.25, -0.2) is 13.1 Å². The standard InChI is InChI=1S/C14H12ClN3O2S/c1-10-13(8-12(9-16)21(2,19)20)14(15)18(17-10)11-6-4-3-5-7-11/h3-8H,1-2H3/b12-8+. The van der Waals surface area contributed by atoms with E-state index in [-0.39, 0.29) is 10.1 Å². The van der Waals surface area contributed by atoms with Crippen LogP contribution in [-0.2, 0) is 9.84 Å². The summed E-state index contributed by atoms with van der Waals surface area (Å²) in [5.74, 6) is 0. The molecule has 0 radical (unpaired) electrons. The number of hydrogen-bond acceptors (Lipinski definition) is 4. The molecule has 0 bridgehead atoms. The molecule has 2 aromatic rings. The number of hydrogen-bond donors (Lipinski definition) is 0. The number of aryl methyl sites for hydroxylation is 1. The van der Waals surface area contributed by atoms with Crippen LogP contribution in [0.2, 0.25) is 5.15 Å². The first kappa shape index (κ1) is 15.3. The molecule has 5 nitrogen and oxygen atoms in total. The van der Waals surface area contributed by atoms with Crippen molar-refractivity contribution in [2.75, 3.05) is 6.26 Å². The fraction of sp³-hybridized carbons (Fsp3) is 0.143. The minimum absolute atomic E-state index is 0.259. The van der Waals surface area contributed by atoms with Crippen molar-refractivity contribution in [3.8, 4) is 11.8 Å². The first-order chi connectivity index (χ1) is 9.84. The maximum atomic E-state index is 11.5. The monoisotopic (exact) mass is 321 g/mol. The molecule has 0 aliphatic carbocycles. The minimum Gasteiger partial charge on any atom is -0.223 e. The maximum absolute atomic E-state index is 11.5. The average Bonchev–Trinajstić information content (AvgIpc) is 2.71. The number of para-hydroxylation sites is 1. The molecule has 0 fully saturated rings. The fourth-order valence-electron chi connectivity index (χ4n) is 1.77. The first-order valence-corrected chi connectivity index (χ1v) is 8.24. The number of aromatic nitrogens is 2. The number of halogens is 1. The molecule has 0 saturated heterocycles. The Balaban J connectivity index is 2.62. The summed E-state index contributed by atoms with van der Waals surface area (Å²) in [5, 5.41) is 13.5. The van der Waals surface area contributed by atoms with Gasteiger partial charge in [-0.15, -0.1) is 0 Å². The van der Waals surface area contributed by atoms with Crippen molar-refractivity contribution in [3.05, 3.63) is 51.6 Å². The Hall–Kier alpha value is -2.10. The van der Waals surface area contributed by atoms with Gasteiger partial charge in [-0.2, -0.15) is 10.4 Å². The summed E-state index contributed by atoms with van der Waals surface area (Å²) in [7, 11) is -3.60. The third-order valence-corrected chi connectivity index (χ3v) is 4.21. The van der Waals surface area contributed by atoms with E-state index in [0.717, 1.165) is 11.9 Å². The number of rotatable bonds is 3. The van der Waals surface area contributed by atoms with E-state index in [9.17, 15) is 8.42 Å². The van der Waals surface area contributed by atoms with Gasteiger partial charge in [0.25, 0.3) is 0 Å². The highest BCUT2D eigenvalue weighted by atomic mass is 35.5. The fourth-order valence-corrected chi connectivity index (χ4v) is 2.59. The molecule has 1 heterocycles. The summed E-state index contributed by atoms with van der Waals surface area (Å²) in [4.78, 5) is -0.347. The van der Waals surface area contributed by atoms with Gasteiger partial charge in [0.15, 0.2) is 9.84 Å². The Kier molecular flexibility index (Phi) is 4.16. The third kappa shape index (κ3) is 3.15. The minimum atomic E-state index is -3.60. The highest BCUT2D eigenvalue weighted by Crippen LogP contribution is 2.26. The van der Waals surface area contributed by atoms with Crippen LogP contribution in [-0.4, -0.2) is 24.5 Å². The summed E-state index contributed by atoms with van der Waals surface area (Å²) in [6.07, 6.45) is 2.23. The normalized spacial score (nSPS) is 12.2. The summed E-state index contributed by atoms with van der Waals surface area (Å²) in [6, 6.07) is 10.9. The molecule has 0 amide bonds. The molecule has 0 aliphatic rings. The zero-order chi connectivity index (χ0) is 15.6. The van der Waals surface area contributed by atoms with E-state index in [1.807, 2.05) is 30.3 Å². The van der Waals surface area contributed by atoms with Crippen LogP contribution in [0.25, 0.3) is 11.8 Å². The van der Waals surface area contributed by atoms with Crippen molar-refractivity contribution in [1.82, 2.24) is 9.78 Å². The predicted octanol–water partition coefficient (Wildman–Crippen LogP) is 2.74. The van der Waals surface area contributed by atoms with Crippen molar-refractivity contribution >= 4 is 27.5 Å². The SMILES string of the molecule is Cc1nn(-c2ccccc2)c(Cl)c1/C=C(\C#N)S(C)(=O)=O. The molecular weight excluding hydrogens is 310 g/mol. The molecule has 2 rings (SSSR count). The molecule has 108 valence electrons. The smallest absolute Gasteiger partial charge is 0.185 e. The zero-order valence-corrected chi connectivity index (χ0v) is 13.0. The van der Waals surface area contributed by atoms with Gasteiger partial charge in [0.1, 0.15) is 16.1 Å². The number of nitriles is 1. The highest BCUT2D eigenvalue weighted by Gasteiger charge is 2.17. The lowest BCUT2D eigenvalue weighted by Gasteiger charge is -2.02. The van der Waals surface area contributed by atoms with Crippen LogP contribution in [0.15, 0.2) is 35.2 Å². The summed E-state index contributed by atoms with van der Waals surface area (Å²) in [5.41, 5.74) is 1.71. The summed E-state index contributed by atoms with van der Waals surface area (Å²) < 4.78 is 24.5. The van der Waals surface area contributed by atoms with E-state index in [1.54, 1.807) is 13.0 Å². The van der Waals surface area contributed by atoms with Gasteiger partial charge in [-0.05, 0) is 25.1 Å². The van der Waals surface area contributed by atoms with E-state index >= 15 is 0 Å². The molecule has 0 atom stereocenters. The van der Waals surface area contributed by atoms with Crippen LogP contribution in [0.3, 0.4) is 0 Å². The van der Waals surface area contributed by atoms with Gasteiger partial charge in [0.2, 0.25) is 0 Å². The van der Waals surface area contributed by atoms with Gasteiger partial charge in [-0.3, -0.25) is 0 Å². The Morgan fingerprint density at radius 2 is 2.00 bits per heavy atom. The Labute approximate surface area is 128 Å². The second-order valence-electron chi connectivity index (χ2n) is 4.43. The molecule has 1 aromatic heterocycles. The zero-order valence-electron chi connectivity index (χ0n) is 11.4. The Morgan fingerprint density at radius 3 is 2.52 bits per heavy atom. The number of sulfone groups is 1. The van der Waals surface area contributed by atoms with E-state index in [4.69, 9.17) is 16.9 Å². The van der Waals surface area contributed by atoms with Gasteiger partial charge in [0, 0.05) is 11.8 Å². The number of allylic oxidation sites excluding steroid dienone is 1. The van der Waals surface area contributed by atoms with E-state index in [1.165, 1.54) is 10.8 Å². The third-order valence-electron chi connectivity index (χ3n) is 2.83. The second-order valence-corrected chi connectivity index (χ2v) is 6.77. The average molecular weight is 322 g/mol. The lowest BCUT2D eigenvalue weighted by molar-refractivity contribution is 0.609. The van der Waals surface area contributed by atoms with Crippen molar-refractivity contribution in [2.45, 2.75) is 6.92 Å². The van der Waals surface area contributed by atoms with Crippen LogP contribution in [0, 0.1) is 18.3 Å². The molecule has 7 heteroatoms. The van der Waals surface area contributed by atoms with Crippen molar-refractivity contribution in [1.29, 1.82) is 5.26 Å². The summed E-state index contributed by atoms with van der Waals surface area (Å²) >= 11 is 6.27. The Morgan fingerprint density at radius 1 is 1.38 bits per heavy atom. The molecule has 0 saturated carbocycles. The topological polar surface area (TPSA) is 75.8 Å². The van der Waals surface area contributed by atoms with E-state index in [0.29, 0.717) is 11.3 Å². The molecule has 0 spiro atoms. The van der Waals surface area contributed by atoms with Crippen LogP contribution >= 0.6 is 11.6 Å². The molecular formula is C14H12ClN3O2S. The summed E-state index contributed by atoms with van der Waals surface area (Å²) in [6.45, 7) is 1.70. The number of nitrogens with zero attached hydrogens (tertiary/aromatic N) is 3. The highest BCUT2D eigenvalue weighted by molar-refractivity contribution is 7.95. The number of benzene rings is 1. The van der Waals surface area contributed by atoms with Crippen molar-refractivity contribution in [2.24, 2.45) is 0 Å². The lowest BCUT2D eigenvalue weighted by Crippen LogP contribution is -1.98. The lowest BCUT2D eigenvalue weighted by atomic mass is 10.2. The van der Waals surface area contributed by atoms with Crippen molar-refractivity contribution < 1.29 is 8.42 Å². The van der Waals surface area contributed by atoms with Gasteiger partial charge < -0.3 is 0 Å². The second kappa shape index (κ2) is 5.72. The Bertz CT molecular complexity index is 846. The molecule has 0 N–H and O–H groups in total. The van der Waals surface area contributed by atoms with Gasteiger partial charge in [0.05, 0.1) is 11.4 Å². The first-order valence-electron chi connectivity index (χ1n) is 5.97. The van der Waals surface area contributed by atoms with E-state index in [2.05, 4.69) is 5.10 Å². The van der Waals surface area contributed by atoms with Gasteiger partial charge >= 0.3 is 0 Å². The van der Waals surface area contributed by atoms with Crippen LogP contribution in [0.5, 0.6) is 0 Å². The van der Waals surface area contributed by atoms with Crippen molar-refractivity contribution in [3.63, 3.8) is 0 Å². The van der Waals surface area contributed by atoms with E-state index < -0.39 is 9.84 Å². The largest absolute Gasteiger partial charge is 0.223 e. The molecule has 21 heavy (non-hydrogen) atoms. The predicted molar refractivity (Wildman–Crippen MR) is 81.7 cm³/mol. The van der Waals surface area contributed by atoms with Gasteiger partial charge in [-0.1, -0.05) is 29.8 Å². The molecule has 1 aromatic carbocycles. The van der Waals surface area contributed by atoms with Crippen LogP contribution in [0.4, 0.5) is 0 Å². The maximum Gasteiger partial charge on any atom is 0.185 e.